The summed E-state index contributed by atoms with van der Waals surface area (Å²) in [5.41, 5.74) is 1.26. The standard InChI is InChI=1S/C23H18F3N5O3/c1-12-9-13(2)31-22(27-12)29-19(30-31)20(32)28-18-8-7-15(11-17(18)21(33)34-3)14-5-4-6-16(10-14)23(24,25)26/h4-11H,1-3H3,(H,28,32). The second-order valence-corrected chi connectivity index (χ2v) is 7.47. The zero-order valence-corrected chi connectivity index (χ0v) is 18.3. The number of nitrogens with zero attached hydrogens (tertiary/aromatic N) is 4. The quantitative estimate of drug-likeness (QED) is 0.443. The smallest absolute Gasteiger partial charge is 0.416 e. The van der Waals surface area contributed by atoms with Crippen molar-refractivity contribution in [2.24, 2.45) is 0 Å². The molecule has 0 saturated carbocycles. The molecule has 2 aromatic heterocycles. The number of carbonyl (C=O) groups excluding carboxylic acids is 2. The first-order chi connectivity index (χ1) is 16.1. The van der Waals surface area contributed by atoms with Gasteiger partial charge in [-0.1, -0.05) is 18.2 Å². The summed E-state index contributed by atoms with van der Waals surface area (Å²) >= 11 is 0. The predicted molar refractivity (Wildman–Crippen MR) is 116 cm³/mol. The van der Waals surface area contributed by atoms with Gasteiger partial charge in [0.1, 0.15) is 0 Å². The van der Waals surface area contributed by atoms with E-state index in [0.717, 1.165) is 24.9 Å². The molecular formula is C23H18F3N5O3. The number of esters is 1. The van der Waals surface area contributed by atoms with Gasteiger partial charge in [-0.15, -0.1) is 5.10 Å². The summed E-state index contributed by atoms with van der Waals surface area (Å²) in [6.07, 6.45) is -4.51. The minimum Gasteiger partial charge on any atom is -0.465 e. The average molecular weight is 469 g/mol. The van der Waals surface area contributed by atoms with Crippen molar-refractivity contribution in [2.75, 3.05) is 12.4 Å². The molecule has 8 nitrogen and oxygen atoms in total. The van der Waals surface area contributed by atoms with Gasteiger partial charge in [0, 0.05) is 11.4 Å². The summed E-state index contributed by atoms with van der Waals surface area (Å²) in [7, 11) is 1.16. The molecule has 1 N–H and O–H groups in total. The molecule has 0 aliphatic rings. The molecule has 0 spiro atoms. The third-order valence-corrected chi connectivity index (χ3v) is 5.02. The second kappa shape index (κ2) is 8.58. The third-order valence-electron chi connectivity index (χ3n) is 5.02. The Morgan fingerprint density at radius 2 is 1.74 bits per heavy atom. The Bertz CT molecular complexity index is 1430. The van der Waals surface area contributed by atoms with Crippen LogP contribution in [-0.4, -0.2) is 38.6 Å². The molecule has 4 aromatic rings. The maximum atomic E-state index is 13.1. The van der Waals surface area contributed by atoms with Crippen molar-refractivity contribution in [1.29, 1.82) is 0 Å². The third kappa shape index (κ3) is 4.45. The van der Waals surface area contributed by atoms with Crippen LogP contribution in [0.3, 0.4) is 0 Å². The first-order valence-electron chi connectivity index (χ1n) is 9.99. The number of alkyl halides is 3. The number of hydrogen-bond donors (Lipinski definition) is 1. The summed E-state index contributed by atoms with van der Waals surface area (Å²) in [6.45, 7) is 3.58. The van der Waals surface area contributed by atoms with Gasteiger partial charge in [-0.3, -0.25) is 4.79 Å². The summed E-state index contributed by atoms with van der Waals surface area (Å²) in [4.78, 5) is 33.5. The zero-order valence-electron chi connectivity index (χ0n) is 18.3. The highest BCUT2D eigenvalue weighted by Gasteiger charge is 2.30. The lowest BCUT2D eigenvalue weighted by molar-refractivity contribution is -0.137. The highest BCUT2D eigenvalue weighted by molar-refractivity contribution is 6.07. The average Bonchev–Trinajstić information content (AvgIpc) is 3.23. The lowest BCUT2D eigenvalue weighted by Gasteiger charge is -2.12. The summed E-state index contributed by atoms with van der Waals surface area (Å²) < 4.78 is 45.5. The van der Waals surface area contributed by atoms with Crippen molar-refractivity contribution in [3.05, 3.63) is 76.9 Å². The topological polar surface area (TPSA) is 98.5 Å². The van der Waals surface area contributed by atoms with Crippen LogP contribution in [0.5, 0.6) is 0 Å². The van der Waals surface area contributed by atoms with E-state index in [2.05, 4.69) is 20.4 Å². The minimum absolute atomic E-state index is 0.0420. The molecule has 0 aliphatic heterocycles. The molecule has 2 aromatic carbocycles. The molecule has 0 atom stereocenters. The monoisotopic (exact) mass is 469 g/mol. The van der Waals surface area contributed by atoms with Crippen molar-refractivity contribution in [3.8, 4) is 11.1 Å². The first-order valence-corrected chi connectivity index (χ1v) is 9.99. The predicted octanol–water partition coefficient (Wildman–Crippen LogP) is 4.47. The molecular weight excluding hydrogens is 451 g/mol. The van der Waals surface area contributed by atoms with E-state index in [1.807, 2.05) is 0 Å². The SMILES string of the molecule is COC(=O)c1cc(-c2cccc(C(F)(F)F)c2)ccc1NC(=O)c1nc2nc(C)cc(C)n2n1. The van der Waals surface area contributed by atoms with Crippen molar-refractivity contribution in [1.82, 2.24) is 19.6 Å². The molecule has 0 saturated heterocycles. The van der Waals surface area contributed by atoms with Crippen LogP contribution >= 0.6 is 0 Å². The Kier molecular flexibility index (Phi) is 5.78. The number of ether oxygens (including phenoxy) is 1. The summed E-state index contributed by atoms with van der Waals surface area (Å²) in [6, 6.07) is 10.7. The van der Waals surface area contributed by atoms with E-state index < -0.39 is 23.6 Å². The number of aryl methyl sites for hydroxylation is 2. The largest absolute Gasteiger partial charge is 0.465 e. The van der Waals surface area contributed by atoms with Crippen molar-refractivity contribution in [3.63, 3.8) is 0 Å². The number of fused-ring (bicyclic) bond motifs is 1. The molecule has 0 radical (unpaired) electrons. The van der Waals surface area contributed by atoms with Crippen molar-refractivity contribution in [2.45, 2.75) is 20.0 Å². The Hall–Kier alpha value is -4.28. The van der Waals surface area contributed by atoms with Gasteiger partial charge < -0.3 is 10.1 Å². The Morgan fingerprint density at radius 3 is 2.44 bits per heavy atom. The van der Waals surface area contributed by atoms with Crippen LogP contribution in [-0.2, 0) is 10.9 Å². The van der Waals surface area contributed by atoms with Gasteiger partial charge in [-0.05, 0) is 55.3 Å². The second-order valence-electron chi connectivity index (χ2n) is 7.47. The fourth-order valence-corrected chi connectivity index (χ4v) is 3.43. The molecule has 0 unspecified atom stereocenters. The van der Waals surface area contributed by atoms with Gasteiger partial charge in [-0.2, -0.15) is 18.2 Å². The van der Waals surface area contributed by atoms with Crippen LogP contribution in [0, 0.1) is 13.8 Å². The maximum Gasteiger partial charge on any atom is 0.416 e. The van der Waals surface area contributed by atoms with Gasteiger partial charge in [0.15, 0.2) is 0 Å². The van der Waals surface area contributed by atoms with Crippen molar-refractivity contribution < 1.29 is 27.5 Å². The summed E-state index contributed by atoms with van der Waals surface area (Å²) in [5, 5.41) is 6.72. The molecule has 1 amide bonds. The molecule has 4 rings (SSSR count). The first kappa shape index (κ1) is 22.9. The molecule has 0 aliphatic carbocycles. The number of benzene rings is 2. The molecule has 0 fully saturated rings. The highest BCUT2D eigenvalue weighted by atomic mass is 19.4. The number of hydrogen-bond acceptors (Lipinski definition) is 6. The van der Waals surface area contributed by atoms with Gasteiger partial charge in [0.05, 0.1) is 23.9 Å². The van der Waals surface area contributed by atoms with Gasteiger partial charge >= 0.3 is 12.1 Å². The van der Waals surface area contributed by atoms with E-state index in [1.165, 1.54) is 34.8 Å². The molecule has 174 valence electrons. The van der Waals surface area contributed by atoms with Crippen LogP contribution in [0.15, 0.2) is 48.5 Å². The van der Waals surface area contributed by atoms with Crippen molar-refractivity contribution >= 4 is 23.3 Å². The molecule has 0 bridgehead atoms. The normalized spacial score (nSPS) is 11.5. The Labute approximate surface area is 191 Å². The lowest BCUT2D eigenvalue weighted by Crippen LogP contribution is -2.17. The number of methoxy groups -OCH3 is 1. The number of rotatable bonds is 4. The highest BCUT2D eigenvalue weighted by Crippen LogP contribution is 2.33. The number of nitrogens with one attached hydrogen (secondary N) is 1. The van der Waals surface area contributed by atoms with Crippen LogP contribution < -0.4 is 5.32 Å². The number of carbonyl (C=O) groups is 2. The number of anilines is 1. The maximum absolute atomic E-state index is 13.1. The minimum atomic E-state index is -4.51. The van der Waals surface area contributed by atoms with Gasteiger partial charge in [0.2, 0.25) is 5.82 Å². The molecule has 11 heteroatoms. The van der Waals surface area contributed by atoms with E-state index in [0.29, 0.717) is 11.3 Å². The van der Waals surface area contributed by atoms with E-state index in [4.69, 9.17) is 4.74 Å². The van der Waals surface area contributed by atoms with E-state index in [1.54, 1.807) is 19.9 Å². The van der Waals surface area contributed by atoms with Gasteiger partial charge in [0.25, 0.3) is 11.7 Å². The van der Waals surface area contributed by atoms with E-state index in [-0.39, 0.29) is 28.4 Å². The van der Waals surface area contributed by atoms with Crippen LogP contribution in [0.4, 0.5) is 18.9 Å². The van der Waals surface area contributed by atoms with Gasteiger partial charge in [-0.25, -0.2) is 14.3 Å². The Balaban J connectivity index is 1.69. The lowest BCUT2D eigenvalue weighted by atomic mass is 9.99. The van der Waals surface area contributed by atoms with E-state index >= 15 is 0 Å². The van der Waals surface area contributed by atoms with E-state index in [9.17, 15) is 22.8 Å². The summed E-state index contributed by atoms with van der Waals surface area (Å²) in [5.74, 6) is -1.39. The fourth-order valence-electron chi connectivity index (χ4n) is 3.43. The molecule has 34 heavy (non-hydrogen) atoms. The number of amides is 1. The van der Waals surface area contributed by atoms with Crippen LogP contribution in [0.2, 0.25) is 0 Å². The number of aromatic nitrogens is 4. The van der Waals surface area contributed by atoms with Crippen LogP contribution in [0.1, 0.15) is 37.9 Å². The zero-order chi connectivity index (χ0) is 24.6. The van der Waals surface area contributed by atoms with Crippen LogP contribution in [0.25, 0.3) is 16.9 Å². The fraction of sp³-hybridized carbons (Fsp3) is 0.174. The number of halogens is 3. The Morgan fingerprint density at radius 1 is 1.00 bits per heavy atom. The molecule has 2 heterocycles.